The van der Waals surface area contributed by atoms with Crippen molar-refractivity contribution in [2.45, 2.75) is 75.0 Å². The molecule has 0 bridgehead atoms. The van der Waals surface area contributed by atoms with Crippen LogP contribution in [-0.4, -0.2) is 0 Å². The van der Waals surface area contributed by atoms with Gasteiger partial charge in [-0.15, -0.1) is 0 Å². The number of fused-ring (bicyclic) bond motifs is 11. The van der Waals surface area contributed by atoms with Crippen LogP contribution in [-0.2, 0) is 36.5 Å². The molecule has 1 spiro atoms. The summed E-state index contributed by atoms with van der Waals surface area (Å²) in [6.45, 7) is 6.54. The van der Waals surface area contributed by atoms with Gasteiger partial charge in [0, 0.05) is 51.4 Å². The van der Waals surface area contributed by atoms with Crippen molar-refractivity contribution in [2.75, 3.05) is 9.80 Å². The van der Waals surface area contributed by atoms with E-state index in [2.05, 4.69) is 272 Å². The molecule has 0 fully saturated rings. The molecule has 0 saturated heterocycles. The highest BCUT2D eigenvalue weighted by Gasteiger charge is 2.54. The van der Waals surface area contributed by atoms with Crippen LogP contribution in [0.5, 0.6) is 0 Å². The first-order valence-electron chi connectivity index (χ1n) is 28.9. The van der Waals surface area contributed by atoms with Crippen LogP contribution in [0.25, 0.3) is 23.3 Å². The summed E-state index contributed by atoms with van der Waals surface area (Å²) < 4.78 is 0. The Morgan fingerprint density at radius 2 is 1.13 bits per heavy atom. The molecule has 2 nitrogen and oxygen atoms in total. The Bertz CT molecular complexity index is 3960. The highest BCUT2D eigenvalue weighted by atomic mass is 15.2. The van der Waals surface area contributed by atoms with Gasteiger partial charge in [0.2, 0.25) is 0 Å². The lowest BCUT2D eigenvalue weighted by Crippen LogP contribution is -2.36. The highest BCUT2D eigenvalue weighted by molar-refractivity contribution is 5.88. The number of anilines is 3. The predicted molar refractivity (Wildman–Crippen MR) is 330 cm³/mol. The second-order valence-electron chi connectivity index (χ2n) is 22.9. The summed E-state index contributed by atoms with van der Waals surface area (Å²) in [6, 6.07) is 72.0. The minimum atomic E-state index is -0.439. The maximum absolute atomic E-state index is 4.42. The van der Waals surface area contributed by atoms with Gasteiger partial charge in [0.05, 0.1) is 5.41 Å². The number of allylic oxidation sites excluding steroid dienone is 11. The quantitative estimate of drug-likeness (QED) is 0.140. The second kappa shape index (κ2) is 19.0. The lowest BCUT2D eigenvalue weighted by molar-refractivity contribution is 0.453. The van der Waals surface area contributed by atoms with Gasteiger partial charge in [-0.1, -0.05) is 219 Å². The van der Waals surface area contributed by atoms with Gasteiger partial charge in [-0.05, 0) is 184 Å². The van der Waals surface area contributed by atoms with Crippen molar-refractivity contribution in [1.29, 1.82) is 0 Å². The third kappa shape index (κ3) is 7.44. The number of nitrogens with zero attached hydrogens (tertiary/aromatic N) is 2. The Morgan fingerprint density at radius 1 is 0.532 bits per heavy atom. The van der Waals surface area contributed by atoms with Crippen LogP contribution in [0.2, 0.25) is 0 Å². The van der Waals surface area contributed by atoms with Crippen molar-refractivity contribution in [3.63, 3.8) is 0 Å². The minimum Gasteiger partial charge on any atom is -0.314 e. The van der Waals surface area contributed by atoms with E-state index in [1.54, 1.807) is 0 Å². The summed E-state index contributed by atoms with van der Waals surface area (Å²) in [4.78, 5) is 5.12. The normalized spacial score (nSPS) is 19.8. The largest absolute Gasteiger partial charge is 0.314 e. The number of hydrogen-bond acceptors (Lipinski definition) is 2. The zero-order valence-electron chi connectivity index (χ0n) is 45.1. The van der Waals surface area contributed by atoms with E-state index >= 15 is 0 Å². The third-order valence-electron chi connectivity index (χ3n) is 18.9. The summed E-state index contributed by atoms with van der Waals surface area (Å²) in [5.74, 6) is 0.341. The molecular formula is C77H64N2. The zero-order valence-corrected chi connectivity index (χ0v) is 45.1. The maximum Gasteiger partial charge on any atom is 0.0526 e. The summed E-state index contributed by atoms with van der Waals surface area (Å²) in [5.41, 5.74) is 29.0. The molecule has 2 atom stereocenters. The minimum absolute atomic E-state index is 0.138. The molecule has 8 aromatic carbocycles. The van der Waals surface area contributed by atoms with E-state index in [1.807, 2.05) is 0 Å². The van der Waals surface area contributed by atoms with Crippen molar-refractivity contribution in [3.8, 4) is 11.1 Å². The van der Waals surface area contributed by atoms with Crippen LogP contribution in [0.15, 0.2) is 271 Å². The standard InChI is InChI=1S/C77H64N2/c1-3-19-54-36-37-55-20-13-16-29-73(55)78(72(54)4-2)62-40-44-65-64-42-34-52(46-68(64)76(69(65)48-62)50-58-23-11-12-24-59(58)51-76)32-33-53-35-43-66-67-45-41-63(79-74-30-17-14-21-56(74)38-39-57-22-15-18-31-75(57)79)49-71(67)77(70(66)47-53,60-25-7-5-8-26-60)61-27-9-6-10-28-61/h3-17,19-30,32-35,40-49,67,71H,2,18,31,36-39,50-51H2,1H3/b19-3-,33-32+. The van der Waals surface area contributed by atoms with Gasteiger partial charge in [0.25, 0.3) is 0 Å². The Morgan fingerprint density at radius 3 is 1.81 bits per heavy atom. The topological polar surface area (TPSA) is 6.48 Å². The molecule has 2 heteroatoms. The molecule has 15 rings (SSSR count). The molecule has 2 heterocycles. The molecule has 0 radical (unpaired) electrons. The molecule has 382 valence electrons. The third-order valence-corrected chi connectivity index (χ3v) is 18.9. The first kappa shape index (κ1) is 47.5. The van der Waals surface area contributed by atoms with E-state index in [0.29, 0.717) is 0 Å². The maximum atomic E-state index is 4.42. The van der Waals surface area contributed by atoms with Gasteiger partial charge < -0.3 is 9.80 Å². The Balaban J connectivity index is 0.842. The lowest BCUT2D eigenvalue weighted by atomic mass is 9.63. The van der Waals surface area contributed by atoms with Gasteiger partial charge in [0.15, 0.2) is 0 Å². The molecule has 0 aromatic heterocycles. The van der Waals surface area contributed by atoms with Crippen molar-refractivity contribution in [2.24, 2.45) is 5.92 Å². The number of hydrogen-bond donors (Lipinski definition) is 0. The summed E-state index contributed by atoms with van der Waals surface area (Å²) in [7, 11) is 0. The number of aryl methyl sites for hydroxylation is 2. The number of rotatable bonds is 8. The average Bonchev–Trinajstić information content (AvgIpc) is 4.13. The molecule has 5 aliphatic carbocycles. The number of para-hydroxylation sites is 2. The van der Waals surface area contributed by atoms with Gasteiger partial charge in [-0.2, -0.15) is 0 Å². The van der Waals surface area contributed by atoms with Crippen molar-refractivity contribution in [3.05, 3.63) is 338 Å². The molecule has 0 amide bonds. The van der Waals surface area contributed by atoms with Gasteiger partial charge >= 0.3 is 0 Å². The first-order chi connectivity index (χ1) is 39.0. The summed E-state index contributed by atoms with van der Waals surface area (Å²) in [6.07, 6.45) is 31.8. The van der Waals surface area contributed by atoms with Crippen LogP contribution < -0.4 is 9.80 Å². The predicted octanol–water partition coefficient (Wildman–Crippen LogP) is 18.6. The van der Waals surface area contributed by atoms with Crippen LogP contribution in [0.1, 0.15) is 105 Å². The molecule has 0 N–H and O–H groups in total. The monoisotopic (exact) mass is 1020 g/mol. The smallest absolute Gasteiger partial charge is 0.0526 e. The van der Waals surface area contributed by atoms with E-state index in [0.717, 1.165) is 57.1 Å². The fourth-order valence-corrected chi connectivity index (χ4v) is 15.5. The Kier molecular flexibility index (Phi) is 11.4. The van der Waals surface area contributed by atoms with Crippen molar-refractivity contribution >= 4 is 29.2 Å². The average molecular weight is 1020 g/mol. The van der Waals surface area contributed by atoms with Crippen LogP contribution in [0.3, 0.4) is 0 Å². The van der Waals surface area contributed by atoms with E-state index in [-0.39, 0.29) is 17.3 Å². The molecule has 8 aromatic rings. The van der Waals surface area contributed by atoms with E-state index in [9.17, 15) is 0 Å². The molecule has 79 heavy (non-hydrogen) atoms. The molecular weight excluding hydrogens is 953 g/mol. The first-order valence-corrected chi connectivity index (χ1v) is 28.9. The Hall–Kier alpha value is -8.72. The zero-order chi connectivity index (χ0) is 52.7. The van der Waals surface area contributed by atoms with Crippen LogP contribution in [0.4, 0.5) is 17.1 Å². The fraction of sp³-hybridized carbons (Fsp3) is 0.169. The lowest BCUT2D eigenvalue weighted by Gasteiger charge is -2.41. The van der Waals surface area contributed by atoms with E-state index < -0.39 is 5.41 Å². The fourth-order valence-electron chi connectivity index (χ4n) is 15.5. The molecule has 0 saturated carbocycles. The molecule has 2 unspecified atom stereocenters. The number of benzene rings is 8. The van der Waals surface area contributed by atoms with Gasteiger partial charge in [-0.25, -0.2) is 0 Å². The molecule has 2 aliphatic heterocycles. The van der Waals surface area contributed by atoms with E-state index in [1.165, 1.54) is 117 Å². The second-order valence-corrected chi connectivity index (χ2v) is 22.9. The van der Waals surface area contributed by atoms with E-state index in [4.69, 9.17) is 0 Å². The van der Waals surface area contributed by atoms with Crippen molar-refractivity contribution in [1.82, 2.24) is 0 Å². The highest BCUT2D eigenvalue weighted by Crippen LogP contribution is 2.61. The van der Waals surface area contributed by atoms with Gasteiger partial charge in [0.1, 0.15) is 0 Å². The van der Waals surface area contributed by atoms with Crippen LogP contribution in [0, 0.1) is 5.92 Å². The SMILES string of the molecule is C=CC1=C(/C=C\C)CCc2ccccc2N1c1ccc2c(c1)C1(Cc3ccccc3C1)c1cc(/C=C/c3ccc4c(c3)C(c3ccccc3)(c3ccccc3)C3C=C(N5C6=C(C=CCC6)CCc6ccccc65)C=CC43)ccc1-2. The molecule has 7 aliphatic rings. The summed E-state index contributed by atoms with van der Waals surface area (Å²) >= 11 is 0. The van der Waals surface area contributed by atoms with Gasteiger partial charge in [-0.3, -0.25) is 0 Å². The van der Waals surface area contributed by atoms with Crippen molar-refractivity contribution < 1.29 is 0 Å². The Labute approximate surface area is 466 Å². The van der Waals surface area contributed by atoms with Crippen LogP contribution >= 0.6 is 0 Å². The summed E-state index contributed by atoms with van der Waals surface area (Å²) in [5, 5.41) is 0.